The molecule has 4 rings (SSSR count). The number of benzene rings is 1. The zero-order valence-electron chi connectivity index (χ0n) is 18.8. The van der Waals surface area contributed by atoms with Crippen LogP contribution in [-0.2, 0) is 0 Å². The fraction of sp³-hybridized carbons (Fsp3) is 0.609. The van der Waals surface area contributed by atoms with Crippen molar-refractivity contribution in [3.63, 3.8) is 0 Å². The first kappa shape index (κ1) is 22.5. The molecule has 1 saturated carbocycles. The van der Waals surface area contributed by atoms with Crippen LogP contribution in [0.2, 0.25) is 0 Å². The molecule has 2 N–H and O–H groups in total. The van der Waals surface area contributed by atoms with Gasteiger partial charge in [0, 0.05) is 42.6 Å². The predicted molar refractivity (Wildman–Crippen MR) is 119 cm³/mol. The number of aromatic nitrogens is 2. The molecule has 2 atom stereocenters. The maximum atomic E-state index is 15.9. The fourth-order valence-electron chi connectivity index (χ4n) is 5.22. The first-order chi connectivity index (χ1) is 15.4. The number of fused-ring (bicyclic) bond motifs is 1. The summed E-state index contributed by atoms with van der Waals surface area (Å²) < 4.78 is 23.2. The summed E-state index contributed by atoms with van der Waals surface area (Å²) in [6.45, 7) is 6.71. The average molecular weight is 444 g/mol. The van der Waals surface area contributed by atoms with Gasteiger partial charge in [0.25, 0.3) is 5.56 Å². The van der Waals surface area contributed by atoms with Gasteiger partial charge < -0.3 is 10.1 Å². The maximum Gasteiger partial charge on any atom is 0.329 e. The van der Waals surface area contributed by atoms with Crippen molar-refractivity contribution in [2.75, 3.05) is 33.3 Å². The molecule has 0 amide bonds. The highest BCUT2D eigenvalue weighted by Crippen LogP contribution is 2.49. The molecule has 2 unspecified atom stereocenters. The lowest BCUT2D eigenvalue weighted by molar-refractivity contribution is 0.0882. The van der Waals surface area contributed by atoms with E-state index in [-0.39, 0.29) is 22.6 Å². The summed E-state index contributed by atoms with van der Waals surface area (Å²) in [5.41, 5.74) is -0.726. The molecule has 1 saturated heterocycles. The van der Waals surface area contributed by atoms with E-state index in [0.29, 0.717) is 37.1 Å². The normalized spacial score (nSPS) is 21.8. The maximum absolute atomic E-state index is 15.9. The molecule has 1 aliphatic carbocycles. The first-order valence-electron chi connectivity index (χ1n) is 11.2. The van der Waals surface area contributed by atoms with Gasteiger partial charge in [0.05, 0.1) is 18.6 Å². The quantitative estimate of drug-likeness (QED) is 0.650. The van der Waals surface area contributed by atoms with Crippen LogP contribution in [0.1, 0.15) is 57.2 Å². The predicted octanol–water partition coefficient (Wildman–Crippen LogP) is 2.45. The van der Waals surface area contributed by atoms with Gasteiger partial charge in [-0.25, -0.2) is 9.18 Å². The Bertz CT molecular complexity index is 1170. The largest absolute Gasteiger partial charge is 0.494 e. The van der Waals surface area contributed by atoms with Gasteiger partial charge in [0.15, 0.2) is 5.75 Å². The molecule has 32 heavy (non-hydrogen) atoms. The summed E-state index contributed by atoms with van der Waals surface area (Å²) in [6, 6.07) is 3.00. The Morgan fingerprint density at radius 2 is 2.19 bits per heavy atom. The Kier molecular flexibility index (Phi) is 6.10. The van der Waals surface area contributed by atoms with E-state index >= 15 is 4.39 Å². The topological polar surface area (TPSA) is 103 Å². The van der Waals surface area contributed by atoms with Gasteiger partial charge in [0.2, 0.25) is 0 Å². The van der Waals surface area contributed by atoms with Crippen LogP contribution in [0.3, 0.4) is 0 Å². The number of hydrogen-bond donors (Lipinski definition) is 2. The van der Waals surface area contributed by atoms with Crippen molar-refractivity contribution >= 4 is 10.9 Å². The zero-order chi connectivity index (χ0) is 23.0. The molecule has 9 heteroatoms. The highest BCUT2D eigenvalue weighted by atomic mass is 19.1. The van der Waals surface area contributed by atoms with Gasteiger partial charge in [-0.05, 0) is 38.4 Å². The van der Waals surface area contributed by atoms with E-state index in [9.17, 15) is 14.9 Å². The molecule has 1 aromatic carbocycles. The number of ether oxygens (including phenoxy) is 1. The van der Waals surface area contributed by atoms with Crippen molar-refractivity contribution in [3.8, 4) is 11.8 Å². The number of aromatic amines is 1. The van der Waals surface area contributed by atoms with Crippen molar-refractivity contribution in [1.82, 2.24) is 19.8 Å². The van der Waals surface area contributed by atoms with Gasteiger partial charge in [-0.2, -0.15) is 5.26 Å². The molecule has 1 aliphatic heterocycles. The molecular formula is C23H30FN5O3. The van der Waals surface area contributed by atoms with Crippen molar-refractivity contribution in [2.45, 2.75) is 51.6 Å². The van der Waals surface area contributed by atoms with Gasteiger partial charge in [-0.15, -0.1) is 0 Å². The number of H-pyrrole nitrogens is 1. The summed E-state index contributed by atoms with van der Waals surface area (Å²) in [6.07, 6.45) is 2.79. The third-order valence-electron chi connectivity index (χ3n) is 6.90. The van der Waals surface area contributed by atoms with E-state index in [1.54, 1.807) is 4.57 Å². The molecule has 2 aliphatic rings. The van der Waals surface area contributed by atoms with Crippen LogP contribution in [0.25, 0.3) is 10.9 Å². The number of nitrogens with one attached hydrogen (secondary N) is 2. The summed E-state index contributed by atoms with van der Waals surface area (Å²) in [5, 5.41) is 12.7. The number of halogens is 1. The zero-order valence-corrected chi connectivity index (χ0v) is 18.8. The molecule has 0 bridgehead atoms. The third-order valence-corrected chi connectivity index (χ3v) is 6.90. The van der Waals surface area contributed by atoms with Crippen molar-refractivity contribution in [3.05, 3.63) is 38.3 Å². The Balaban J connectivity index is 2.05. The number of methoxy groups -OCH3 is 1. The van der Waals surface area contributed by atoms with E-state index in [1.165, 1.54) is 13.2 Å². The highest BCUT2D eigenvalue weighted by Gasteiger charge is 2.44. The SMILES string of the molecule is CCN(CCC#N)C(c1c(F)cc2c(=O)[nH]c(=O)n(C3CC3)c2c1OC)C1(C)CCNC1. The highest BCUT2D eigenvalue weighted by molar-refractivity contribution is 5.86. The lowest BCUT2D eigenvalue weighted by Gasteiger charge is -2.42. The van der Waals surface area contributed by atoms with Crippen LogP contribution in [-0.4, -0.2) is 47.7 Å². The molecular weight excluding hydrogens is 413 g/mol. The molecule has 2 heterocycles. The fourth-order valence-corrected chi connectivity index (χ4v) is 5.22. The number of nitriles is 1. The van der Waals surface area contributed by atoms with E-state index in [1.807, 2.05) is 6.92 Å². The molecule has 1 aromatic heterocycles. The van der Waals surface area contributed by atoms with Gasteiger partial charge >= 0.3 is 5.69 Å². The molecule has 8 nitrogen and oxygen atoms in total. The second-order valence-electron chi connectivity index (χ2n) is 9.08. The van der Waals surface area contributed by atoms with Gasteiger partial charge in [0.1, 0.15) is 11.3 Å². The summed E-state index contributed by atoms with van der Waals surface area (Å²) in [7, 11) is 1.46. The number of rotatable bonds is 8. The Hall–Kier alpha value is -2.70. The molecule has 172 valence electrons. The van der Waals surface area contributed by atoms with Crippen LogP contribution >= 0.6 is 0 Å². The minimum Gasteiger partial charge on any atom is -0.494 e. The second-order valence-corrected chi connectivity index (χ2v) is 9.08. The average Bonchev–Trinajstić information content (AvgIpc) is 3.50. The first-order valence-corrected chi connectivity index (χ1v) is 11.2. The lowest BCUT2D eigenvalue weighted by atomic mass is 9.76. The van der Waals surface area contributed by atoms with Crippen LogP contribution in [0.15, 0.2) is 15.7 Å². The molecule has 0 spiro atoms. The van der Waals surface area contributed by atoms with Crippen LogP contribution < -0.4 is 21.3 Å². The van der Waals surface area contributed by atoms with Gasteiger partial charge in [-0.3, -0.25) is 19.2 Å². The van der Waals surface area contributed by atoms with E-state index in [4.69, 9.17) is 4.74 Å². The molecule has 2 aromatic rings. The Morgan fingerprint density at radius 1 is 1.44 bits per heavy atom. The van der Waals surface area contributed by atoms with Gasteiger partial charge in [-0.1, -0.05) is 13.8 Å². The summed E-state index contributed by atoms with van der Waals surface area (Å²) in [5.74, 6) is -0.294. The second kappa shape index (κ2) is 8.68. The van der Waals surface area contributed by atoms with Crippen LogP contribution in [0.5, 0.6) is 5.75 Å². The van der Waals surface area contributed by atoms with E-state index in [2.05, 4.69) is 28.2 Å². The number of nitrogens with zero attached hydrogens (tertiary/aromatic N) is 3. The monoisotopic (exact) mass is 443 g/mol. The molecule has 2 fully saturated rings. The Morgan fingerprint density at radius 3 is 2.75 bits per heavy atom. The minimum atomic E-state index is -0.618. The van der Waals surface area contributed by atoms with Crippen molar-refractivity contribution < 1.29 is 9.13 Å². The lowest BCUT2D eigenvalue weighted by Crippen LogP contribution is -2.42. The molecule has 0 radical (unpaired) electrons. The smallest absolute Gasteiger partial charge is 0.329 e. The van der Waals surface area contributed by atoms with Crippen molar-refractivity contribution in [2.24, 2.45) is 5.41 Å². The summed E-state index contributed by atoms with van der Waals surface area (Å²) in [4.78, 5) is 29.8. The Labute approximate surface area is 186 Å². The minimum absolute atomic E-state index is 0.0305. The van der Waals surface area contributed by atoms with Crippen molar-refractivity contribution in [1.29, 1.82) is 5.26 Å². The number of hydrogen-bond acceptors (Lipinski definition) is 6. The summed E-state index contributed by atoms with van der Waals surface area (Å²) >= 11 is 0. The third kappa shape index (κ3) is 3.71. The standard InChI is InChI=1S/C23H30FN5O3/c1-4-28(11-5-9-25)20(23(2)8-10-26-13-23)17-16(24)12-15-18(19(17)32-3)29(14-6-7-14)22(31)27-21(15)30/h12,14,20,26H,4-8,10-11,13H2,1-3H3,(H,27,30,31). The van der Waals surface area contributed by atoms with Crippen LogP contribution in [0, 0.1) is 22.6 Å². The van der Waals surface area contributed by atoms with E-state index in [0.717, 1.165) is 25.8 Å². The van der Waals surface area contributed by atoms with E-state index < -0.39 is 23.1 Å². The van der Waals surface area contributed by atoms with Crippen LogP contribution in [0.4, 0.5) is 4.39 Å².